The van der Waals surface area contributed by atoms with Crippen molar-refractivity contribution < 1.29 is 24.7 Å². The van der Waals surface area contributed by atoms with Gasteiger partial charge in [0.2, 0.25) is 0 Å². The molecule has 3 N–H and O–H groups in total. The third kappa shape index (κ3) is 3.83. The van der Waals surface area contributed by atoms with Crippen LogP contribution in [0.5, 0.6) is 11.5 Å². The molecule has 0 bridgehead atoms. The molecular weight excluding hydrogens is 337 g/mol. The van der Waals surface area contributed by atoms with Gasteiger partial charge in [-0.2, -0.15) is 5.23 Å². The lowest BCUT2D eigenvalue weighted by atomic mass is 9.97. The molecule has 0 fully saturated rings. The maximum Gasteiger partial charge on any atom is 0.164 e. The second kappa shape index (κ2) is 7.53. The quantitative estimate of drug-likeness (QED) is 0.614. The van der Waals surface area contributed by atoms with Crippen LogP contribution in [0, 0.1) is 11.0 Å². The number of nitrogens with one attached hydrogen (secondary N) is 1. The molecule has 3 rings (SSSR count). The number of phenolic OH excluding ortho intramolecular Hbond substituents is 1. The molecule has 6 heteroatoms. The summed E-state index contributed by atoms with van der Waals surface area (Å²) in [6.07, 6.45) is 0.404. The molecule has 5 nitrogen and oxygen atoms in total. The van der Waals surface area contributed by atoms with Crippen molar-refractivity contribution in [2.45, 2.75) is 6.42 Å². The minimum Gasteiger partial charge on any atom is -0.595 e. The van der Waals surface area contributed by atoms with Crippen molar-refractivity contribution in [1.82, 2.24) is 0 Å². The Hall–Kier alpha value is -2.93. The van der Waals surface area contributed by atoms with E-state index in [0.717, 1.165) is 17.2 Å². The predicted octanol–water partition coefficient (Wildman–Crippen LogP) is 3.20. The second-order valence-corrected chi connectivity index (χ2v) is 5.87. The summed E-state index contributed by atoms with van der Waals surface area (Å²) in [6, 6.07) is 16.0. The maximum absolute atomic E-state index is 13.1. The smallest absolute Gasteiger partial charge is 0.164 e. The maximum atomic E-state index is 13.1. The van der Waals surface area contributed by atoms with E-state index in [0.29, 0.717) is 23.3 Å². The van der Waals surface area contributed by atoms with E-state index in [1.165, 1.54) is 12.1 Å². The summed E-state index contributed by atoms with van der Waals surface area (Å²) >= 11 is 0. The second-order valence-electron chi connectivity index (χ2n) is 5.87. The summed E-state index contributed by atoms with van der Waals surface area (Å²) in [6.45, 7) is 0. The van der Waals surface area contributed by atoms with Crippen LogP contribution in [0.25, 0.3) is 11.1 Å². The van der Waals surface area contributed by atoms with Crippen molar-refractivity contribution in [2.24, 2.45) is 0 Å². The van der Waals surface area contributed by atoms with Gasteiger partial charge in [0.15, 0.2) is 5.69 Å². The number of halogens is 1. The monoisotopic (exact) mass is 355 g/mol. The molecular formula is C20H18FNO4. The first kappa shape index (κ1) is 17.9. The Kier molecular flexibility index (Phi) is 5.18. The van der Waals surface area contributed by atoms with Gasteiger partial charge in [0.05, 0.1) is 7.11 Å². The number of hydrogen-bond acceptors (Lipinski definition) is 4. The topological polar surface area (TPSA) is 77.2 Å². The summed E-state index contributed by atoms with van der Waals surface area (Å²) in [4.78, 5) is 0. The highest BCUT2D eigenvalue weighted by molar-refractivity contribution is 5.73. The van der Waals surface area contributed by atoms with Crippen LogP contribution >= 0.6 is 0 Å². The normalized spacial score (nSPS) is 12.0. The number of ether oxygens (including phenoxy) is 1. The van der Waals surface area contributed by atoms with Gasteiger partial charge in [-0.05, 0) is 34.9 Å². The Morgan fingerprint density at radius 3 is 2.58 bits per heavy atom. The summed E-state index contributed by atoms with van der Waals surface area (Å²) in [5.41, 5.74) is 3.12. The lowest BCUT2D eigenvalue weighted by Gasteiger charge is -2.15. The van der Waals surface area contributed by atoms with Crippen LogP contribution in [0.1, 0.15) is 11.1 Å². The largest absolute Gasteiger partial charge is 0.595 e. The van der Waals surface area contributed by atoms with Crippen LogP contribution in [0.3, 0.4) is 0 Å². The zero-order valence-electron chi connectivity index (χ0n) is 14.1. The third-order valence-electron chi connectivity index (χ3n) is 4.13. The molecule has 0 heterocycles. The van der Waals surface area contributed by atoms with E-state index in [2.05, 4.69) is 0 Å². The molecule has 0 radical (unpaired) electrons. The van der Waals surface area contributed by atoms with Gasteiger partial charge in [-0.1, -0.05) is 24.3 Å². The Labute approximate surface area is 150 Å². The van der Waals surface area contributed by atoms with E-state index >= 15 is 0 Å². The molecule has 3 aromatic rings. The summed E-state index contributed by atoms with van der Waals surface area (Å²) < 4.78 is 18.5. The Bertz CT molecular complexity index is 927. The molecule has 3 aromatic carbocycles. The molecule has 0 spiro atoms. The minimum absolute atomic E-state index is 0.102. The number of phenols is 1. The number of benzene rings is 3. The Morgan fingerprint density at radius 2 is 1.88 bits per heavy atom. The van der Waals surface area contributed by atoms with Crippen LogP contribution in [0.4, 0.5) is 10.1 Å². The van der Waals surface area contributed by atoms with Crippen molar-refractivity contribution in [2.75, 3.05) is 7.11 Å². The van der Waals surface area contributed by atoms with E-state index in [-0.39, 0.29) is 11.4 Å². The zero-order valence-corrected chi connectivity index (χ0v) is 14.1. The molecule has 0 saturated carbocycles. The Balaban J connectivity index is 2.00. The van der Waals surface area contributed by atoms with E-state index in [4.69, 9.17) is 4.74 Å². The van der Waals surface area contributed by atoms with Gasteiger partial charge in [-0.3, -0.25) is 0 Å². The first-order valence-corrected chi connectivity index (χ1v) is 7.96. The number of hydrogen-bond donors (Lipinski definition) is 3. The van der Waals surface area contributed by atoms with E-state index < -0.39 is 11.0 Å². The first-order valence-electron chi connectivity index (χ1n) is 7.96. The van der Waals surface area contributed by atoms with Crippen LogP contribution in [-0.2, 0) is 6.42 Å². The molecule has 0 aliphatic carbocycles. The zero-order chi connectivity index (χ0) is 18.7. The average Bonchev–Trinajstić information content (AvgIpc) is 2.64. The average molecular weight is 355 g/mol. The van der Waals surface area contributed by atoms with Gasteiger partial charge in [-0.15, -0.1) is 0 Å². The van der Waals surface area contributed by atoms with Crippen LogP contribution in [-0.4, -0.2) is 17.4 Å². The molecule has 0 aromatic heterocycles. The SMILES string of the molecule is COc1ccc(Cc2ccc(F)cc2O)cc1-c1cccc([NH+]([O-])O)c1. The van der Waals surface area contributed by atoms with Gasteiger partial charge >= 0.3 is 0 Å². The van der Waals surface area contributed by atoms with Gasteiger partial charge in [0, 0.05) is 30.2 Å². The highest BCUT2D eigenvalue weighted by Crippen LogP contribution is 2.33. The highest BCUT2D eigenvalue weighted by atomic mass is 19.1. The fourth-order valence-electron chi connectivity index (χ4n) is 2.82. The van der Waals surface area contributed by atoms with Crippen molar-refractivity contribution in [3.05, 3.63) is 82.8 Å². The van der Waals surface area contributed by atoms with Crippen molar-refractivity contribution in [1.29, 1.82) is 0 Å². The van der Waals surface area contributed by atoms with E-state index in [1.807, 2.05) is 18.2 Å². The number of quaternary nitrogens is 1. The molecule has 0 aliphatic heterocycles. The predicted molar refractivity (Wildman–Crippen MR) is 95.1 cm³/mol. The number of methoxy groups -OCH3 is 1. The molecule has 26 heavy (non-hydrogen) atoms. The molecule has 0 aliphatic rings. The fraction of sp³-hybridized carbons (Fsp3) is 0.100. The van der Waals surface area contributed by atoms with Gasteiger partial charge in [0.1, 0.15) is 17.3 Å². The van der Waals surface area contributed by atoms with Crippen molar-refractivity contribution in [3.8, 4) is 22.6 Å². The standard InChI is InChI=1S/C20H18FNO4/c1-26-20-8-5-13(9-15-6-7-16(21)12-19(15)23)10-18(20)14-3-2-4-17(11-14)22(24)25/h2-8,10-12,22-24H,9H2,1H3. The highest BCUT2D eigenvalue weighted by Gasteiger charge is 2.11. The molecule has 1 unspecified atom stereocenters. The summed E-state index contributed by atoms with van der Waals surface area (Å²) in [7, 11) is 1.55. The Morgan fingerprint density at radius 1 is 1.08 bits per heavy atom. The number of aromatic hydroxyl groups is 1. The minimum atomic E-state index is -1.00. The summed E-state index contributed by atoms with van der Waals surface area (Å²) in [5.74, 6) is 0.0158. The summed E-state index contributed by atoms with van der Waals surface area (Å²) in [5, 5.41) is 29.3. The van der Waals surface area contributed by atoms with Crippen LogP contribution in [0.2, 0.25) is 0 Å². The molecule has 0 amide bonds. The van der Waals surface area contributed by atoms with Gasteiger partial charge < -0.3 is 15.1 Å². The molecule has 1 atom stereocenters. The lowest BCUT2D eigenvalue weighted by molar-refractivity contribution is -0.991. The molecule has 0 saturated heterocycles. The third-order valence-corrected chi connectivity index (χ3v) is 4.13. The molecule has 134 valence electrons. The van der Waals surface area contributed by atoms with Crippen LogP contribution in [0.15, 0.2) is 60.7 Å². The van der Waals surface area contributed by atoms with Gasteiger partial charge in [0.25, 0.3) is 0 Å². The van der Waals surface area contributed by atoms with E-state index in [9.17, 15) is 19.9 Å². The van der Waals surface area contributed by atoms with Crippen LogP contribution < -0.4 is 9.96 Å². The van der Waals surface area contributed by atoms with E-state index in [1.54, 1.807) is 31.4 Å². The number of rotatable bonds is 5. The first-order chi connectivity index (χ1) is 12.5. The van der Waals surface area contributed by atoms with Gasteiger partial charge in [-0.25, -0.2) is 9.60 Å². The fourth-order valence-corrected chi connectivity index (χ4v) is 2.82. The van der Waals surface area contributed by atoms with Crippen molar-refractivity contribution in [3.63, 3.8) is 0 Å². The lowest BCUT2D eigenvalue weighted by Crippen LogP contribution is -2.99. The van der Waals surface area contributed by atoms with Crippen molar-refractivity contribution >= 4 is 5.69 Å².